The summed E-state index contributed by atoms with van der Waals surface area (Å²) in [7, 11) is -4.05. The number of carbonyl (C=O) groups is 1. The number of sulfonamides is 1. The first-order chi connectivity index (χ1) is 13.3. The Kier molecular flexibility index (Phi) is 7.39. The van der Waals surface area contributed by atoms with Crippen molar-refractivity contribution in [3.8, 4) is 11.4 Å². The fourth-order valence-electron chi connectivity index (χ4n) is 2.49. The van der Waals surface area contributed by atoms with Crippen LogP contribution in [0.25, 0.3) is 17.1 Å². The maximum Gasteiger partial charge on any atom is 0.278 e. The predicted octanol–water partition coefficient (Wildman–Crippen LogP) is 2.43. The molecule has 2 N–H and O–H groups in total. The van der Waals surface area contributed by atoms with E-state index in [1.807, 2.05) is 0 Å². The standard InChI is InChI=1S/C18H15FN4O4S.Y/c19-13-8-6-12(7-9-13)17-21-10-15(18(25)23(17)11-16(20)24)22-28(26,27)14-4-2-1-3-5-14;/h1-10,22H,11H2,(H2,20,24);/p-1. The van der Waals surface area contributed by atoms with Gasteiger partial charge in [-0.15, -0.1) is 0 Å². The van der Waals surface area contributed by atoms with Crippen molar-refractivity contribution in [2.45, 2.75) is 11.4 Å². The van der Waals surface area contributed by atoms with Crippen molar-refractivity contribution in [1.82, 2.24) is 9.55 Å². The minimum absolute atomic E-state index is 0. The van der Waals surface area contributed by atoms with Crippen molar-refractivity contribution >= 4 is 21.6 Å². The molecule has 0 atom stereocenters. The number of nitrogens with one attached hydrogen (secondary N) is 2. The van der Waals surface area contributed by atoms with E-state index in [-0.39, 0.29) is 49.1 Å². The Morgan fingerprint density at radius 1 is 1.10 bits per heavy atom. The third kappa shape index (κ3) is 5.34. The molecule has 0 bridgehead atoms. The minimum Gasteiger partial charge on any atom is -0.666 e. The SMILES string of the molecule is [NH-]C(=O)Cn1c(-c2ccc(F)cc2)ncc(NS(=O)(=O)c2ccccc2)c1=O.[Y]. The van der Waals surface area contributed by atoms with Crippen LogP contribution in [0.2, 0.25) is 0 Å². The molecule has 0 aliphatic heterocycles. The van der Waals surface area contributed by atoms with Crippen LogP contribution in [0.15, 0.2) is 70.5 Å². The molecule has 3 aromatic rings. The quantitative estimate of drug-likeness (QED) is 0.569. The van der Waals surface area contributed by atoms with E-state index in [4.69, 9.17) is 5.73 Å². The van der Waals surface area contributed by atoms with Gasteiger partial charge in [-0.2, -0.15) is 0 Å². The smallest absolute Gasteiger partial charge is 0.278 e. The summed E-state index contributed by atoms with van der Waals surface area (Å²) >= 11 is 0. The minimum atomic E-state index is -4.05. The first kappa shape index (κ1) is 22.9. The topological polar surface area (TPSA) is 122 Å². The first-order valence-electron chi connectivity index (χ1n) is 7.96. The molecular weight excluding hydrogens is 476 g/mol. The molecule has 0 saturated heterocycles. The largest absolute Gasteiger partial charge is 0.666 e. The van der Waals surface area contributed by atoms with Crippen LogP contribution in [-0.4, -0.2) is 23.9 Å². The molecule has 0 aliphatic rings. The molecule has 2 aromatic carbocycles. The van der Waals surface area contributed by atoms with Gasteiger partial charge in [-0.1, -0.05) is 18.2 Å². The average Bonchev–Trinajstić information content (AvgIpc) is 2.66. The van der Waals surface area contributed by atoms with Gasteiger partial charge in [0.15, 0.2) is 0 Å². The molecule has 0 aliphatic carbocycles. The zero-order valence-electron chi connectivity index (χ0n) is 14.9. The molecule has 1 heterocycles. The van der Waals surface area contributed by atoms with Crippen LogP contribution in [0.3, 0.4) is 0 Å². The van der Waals surface area contributed by atoms with Crippen LogP contribution < -0.4 is 10.3 Å². The van der Waals surface area contributed by atoms with E-state index in [0.29, 0.717) is 5.56 Å². The van der Waals surface area contributed by atoms with Gasteiger partial charge in [0.1, 0.15) is 17.3 Å². The summed E-state index contributed by atoms with van der Waals surface area (Å²) < 4.78 is 41.1. The second kappa shape index (κ2) is 9.38. The van der Waals surface area contributed by atoms with Crippen LogP contribution >= 0.6 is 0 Å². The molecular formula is C18H14FN4O4SY-. The second-order valence-electron chi connectivity index (χ2n) is 5.74. The number of nitrogens with zero attached hydrogens (tertiary/aromatic N) is 2. The van der Waals surface area contributed by atoms with Crippen LogP contribution in [0.1, 0.15) is 0 Å². The van der Waals surface area contributed by atoms with E-state index < -0.39 is 33.9 Å². The van der Waals surface area contributed by atoms with E-state index >= 15 is 0 Å². The molecule has 8 nitrogen and oxygen atoms in total. The Hall–Kier alpha value is -2.43. The number of carbonyl (C=O) groups excluding carboxylic acids is 1. The molecule has 3 rings (SSSR count). The van der Waals surface area contributed by atoms with Crippen molar-refractivity contribution in [3.63, 3.8) is 0 Å². The fraction of sp³-hybridized carbons (Fsp3) is 0.0556. The summed E-state index contributed by atoms with van der Waals surface area (Å²) in [6.07, 6.45) is 1.02. The molecule has 1 aromatic heterocycles. The molecule has 11 heteroatoms. The van der Waals surface area contributed by atoms with Gasteiger partial charge in [-0.05, 0) is 36.4 Å². The van der Waals surface area contributed by atoms with Crippen molar-refractivity contribution in [3.05, 3.63) is 82.7 Å². The molecule has 1 amide bonds. The Bertz CT molecular complexity index is 1180. The van der Waals surface area contributed by atoms with Crippen molar-refractivity contribution in [2.75, 3.05) is 4.72 Å². The van der Waals surface area contributed by atoms with Gasteiger partial charge in [0.05, 0.1) is 23.5 Å². The van der Waals surface area contributed by atoms with E-state index in [1.54, 1.807) is 6.07 Å². The Labute approximate surface area is 190 Å². The third-order valence-corrected chi connectivity index (χ3v) is 5.13. The normalized spacial score (nSPS) is 10.8. The Morgan fingerprint density at radius 2 is 1.72 bits per heavy atom. The summed E-state index contributed by atoms with van der Waals surface area (Å²) in [4.78, 5) is 28.1. The van der Waals surface area contributed by atoms with Crippen molar-refractivity contribution in [2.24, 2.45) is 0 Å². The number of hydrogen-bond acceptors (Lipinski definition) is 5. The summed E-state index contributed by atoms with van der Waals surface area (Å²) in [6.45, 7) is -0.639. The first-order valence-corrected chi connectivity index (χ1v) is 9.44. The number of halogens is 1. The summed E-state index contributed by atoms with van der Waals surface area (Å²) in [5.41, 5.74) is 6.26. The predicted molar refractivity (Wildman–Crippen MR) is 100 cm³/mol. The van der Waals surface area contributed by atoms with Crippen LogP contribution in [0.4, 0.5) is 10.1 Å². The van der Waals surface area contributed by atoms with Gasteiger partial charge in [0, 0.05) is 38.3 Å². The van der Waals surface area contributed by atoms with Gasteiger partial charge in [-0.3, -0.25) is 14.1 Å². The van der Waals surface area contributed by atoms with Gasteiger partial charge in [0.2, 0.25) is 0 Å². The van der Waals surface area contributed by atoms with E-state index in [2.05, 4.69) is 9.71 Å². The van der Waals surface area contributed by atoms with Crippen LogP contribution in [-0.2, 0) is 54.1 Å². The zero-order valence-corrected chi connectivity index (χ0v) is 18.5. The summed E-state index contributed by atoms with van der Waals surface area (Å²) in [5, 5.41) is 0. The Morgan fingerprint density at radius 3 is 2.31 bits per heavy atom. The van der Waals surface area contributed by atoms with E-state index in [9.17, 15) is 22.4 Å². The van der Waals surface area contributed by atoms with Gasteiger partial charge in [-0.25, -0.2) is 17.8 Å². The van der Waals surface area contributed by atoms with Gasteiger partial charge < -0.3 is 10.5 Å². The number of hydrogen-bond donors (Lipinski definition) is 1. The average molecular weight is 490 g/mol. The monoisotopic (exact) mass is 490 g/mol. The molecule has 0 unspecified atom stereocenters. The van der Waals surface area contributed by atoms with Crippen molar-refractivity contribution in [1.29, 1.82) is 0 Å². The van der Waals surface area contributed by atoms with Crippen LogP contribution in [0, 0.1) is 5.82 Å². The molecule has 0 spiro atoms. The van der Waals surface area contributed by atoms with Gasteiger partial charge in [0.25, 0.3) is 15.6 Å². The number of amides is 1. The Balaban J connectivity index is 0.00000300. The number of rotatable bonds is 6. The van der Waals surface area contributed by atoms with Crippen molar-refractivity contribution < 1.29 is 50.3 Å². The number of benzene rings is 2. The van der Waals surface area contributed by atoms with Crippen LogP contribution in [0.5, 0.6) is 0 Å². The molecule has 147 valence electrons. The van der Waals surface area contributed by atoms with Gasteiger partial charge >= 0.3 is 0 Å². The number of anilines is 1. The maximum absolute atomic E-state index is 13.2. The third-order valence-electron chi connectivity index (χ3n) is 3.75. The molecule has 1 radical (unpaired) electrons. The molecule has 0 fully saturated rings. The molecule has 0 saturated carbocycles. The molecule has 29 heavy (non-hydrogen) atoms. The number of aromatic nitrogens is 2. The summed E-state index contributed by atoms with van der Waals surface area (Å²) in [6, 6.07) is 12.4. The maximum atomic E-state index is 13.2. The zero-order chi connectivity index (χ0) is 20.3. The van der Waals surface area contributed by atoms with E-state index in [0.717, 1.165) is 22.9 Å². The summed E-state index contributed by atoms with van der Waals surface area (Å²) in [5.74, 6) is -1.56. The van der Waals surface area contributed by atoms with E-state index in [1.165, 1.54) is 36.4 Å². The fourth-order valence-corrected chi connectivity index (χ4v) is 3.55. The second-order valence-corrected chi connectivity index (χ2v) is 7.42.